The Labute approximate surface area is 197 Å². The van der Waals surface area contributed by atoms with Crippen molar-refractivity contribution < 1.29 is 0 Å². The molecule has 3 aromatic rings. The Morgan fingerprint density at radius 1 is 1.00 bits per heavy atom. The van der Waals surface area contributed by atoms with Crippen LogP contribution in [-0.2, 0) is 0 Å². The molecule has 4 nitrogen and oxygen atoms in total. The van der Waals surface area contributed by atoms with Gasteiger partial charge in [-0.05, 0) is 69.2 Å². The number of anilines is 1. The number of nitrogens with zero attached hydrogens (tertiary/aromatic N) is 3. The third kappa shape index (κ3) is 7.18. The molecule has 0 bridgehead atoms. The van der Waals surface area contributed by atoms with E-state index in [0.29, 0.717) is 16.9 Å². The second-order valence-corrected chi connectivity index (χ2v) is 8.37. The van der Waals surface area contributed by atoms with E-state index in [2.05, 4.69) is 49.2 Å². The fourth-order valence-corrected chi connectivity index (χ4v) is 3.81. The van der Waals surface area contributed by atoms with E-state index in [0.717, 1.165) is 54.8 Å². The summed E-state index contributed by atoms with van der Waals surface area (Å²) in [6.45, 7) is 9.97. The molecule has 0 spiro atoms. The van der Waals surface area contributed by atoms with E-state index in [1.165, 1.54) is 0 Å². The van der Waals surface area contributed by atoms with Crippen LogP contribution in [0.4, 0.5) is 5.82 Å². The fraction of sp³-hybridized carbons (Fsp3) is 0.333. The molecule has 0 aliphatic carbocycles. The number of nitrogens with one attached hydrogen (secondary N) is 1. The zero-order chi connectivity index (χ0) is 22.8. The largest absolute Gasteiger partial charge is 0.367 e. The molecule has 1 heterocycles. The number of halogens is 1. The highest BCUT2D eigenvalue weighted by Gasteiger charge is 2.11. The average Bonchev–Trinajstić information content (AvgIpc) is 2.80. The molecule has 32 heavy (non-hydrogen) atoms. The van der Waals surface area contributed by atoms with E-state index in [-0.39, 0.29) is 0 Å². The summed E-state index contributed by atoms with van der Waals surface area (Å²) in [5.41, 5.74) is 2.00. The zero-order valence-corrected chi connectivity index (χ0v) is 20.0. The maximum Gasteiger partial charge on any atom is 0.154 e. The molecular weight excluding hydrogens is 416 g/mol. The number of allylic oxidation sites excluding steroid dienone is 2. The van der Waals surface area contributed by atoms with Gasteiger partial charge in [-0.1, -0.05) is 74.0 Å². The van der Waals surface area contributed by atoms with Crippen molar-refractivity contribution in [2.45, 2.75) is 39.7 Å². The molecule has 0 aliphatic heterocycles. The van der Waals surface area contributed by atoms with Gasteiger partial charge in [0.25, 0.3) is 0 Å². The smallest absolute Gasteiger partial charge is 0.154 e. The third-order valence-corrected chi connectivity index (χ3v) is 5.75. The number of rotatable bonds is 11. The van der Waals surface area contributed by atoms with Crippen LogP contribution in [0, 0.1) is 0 Å². The Balaban J connectivity index is 1.74. The summed E-state index contributed by atoms with van der Waals surface area (Å²) < 4.78 is 0. The molecule has 0 saturated carbocycles. The summed E-state index contributed by atoms with van der Waals surface area (Å²) in [6.07, 6.45) is 10.2. The summed E-state index contributed by atoms with van der Waals surface area (Å²) in [5.74, 6) is 1.52. The lowest BCUT2D eigenvalue weighted by molar-refractivity contribution is 0.295. The molecule has 2 aromatic carbocycles. The Bertz CT molecular complexity index is 1040. The SMILES string of the molecule is CCN(CC)CCCC(C)Nc1nc(/C=C/C=C/c2ccccc2)nc2cc(Cl)ccc12. The zero-order valence-electron chi connectivity index (χ0n) is 19.3. The molecular formula is C27H33ClN4. The van der Waals surface area contributed by atoms with Crippen LogP contribution in [0.5, 0.6) is 0 Å². The summed E-state index contributed by atoms with van der Waals surface area (Å²) in [5, 5.41) is 5.27. The second kappa shape index (κ2) is 12.4. The maximum absolute atomic E-state index is 6.23. The number of benzene rings is 2. The normalized spacial score (nSPS) is 12.9. The molecule has 1 atom stereocenters. The standard InChI is InChI=1S/C27H33ClN4/c1-4-32(5-2)19-11-12-21(3)29-27-24-18-17-23(28)20-25(24)30-26(31-27)16-10-9-15-22-13-7-6-8-14-22/h6-10,13-18,20-21H,4-5,11-12,19H2,1-3H3,(H,29,30,31)/b15-9+,16-10+. The lowest BCUT2D eigenvalue weighted by Gasteiger charge is -2.20. The predicted octanol–water partition coefficient (Wildman–Crippen LogP) is 6.93. The van der Waals surface area contributed by atoms with E-state index in [9.17, 15) is 0 Å². The third-order valence-electron chi connectivity index (χ3n) is 5.51. The molecule has 5 heteroatoms. The Morgan fingerprint density at radius 3 is 2.50 bits per heavy atom. The molecule has 0 aliphatic rings. The molecule has 0 fully saturated rings. The van der Waals surface area contributed by atoms with E-state index >= 15 is 0 Å². The first kappa shape index (κ1) is 24.0. The molecule has 1 N–H and O–H groups in total. The first-order valence-corrected chi connectivity index (χ1v) is 11.8. The summed E-state index contributed by atoms with van der Waals surface area (Å²) in [6, 6.07) is 16.3. The van der Waals surface area contributed by atoms with Gasteiger partial charge in [0.15, 0.2) is 5.82 Å². The minimum Gasteiger partial charge on any atom is -0.367 e. The minimum atomic E-state index is 0.314. The number of hydrogen-bond donors (Lipinski definition) is 1. The lowest BCUT2D eigenvalue weighted by atomic mass is 10.1. The van der Waals surface area contributed by atoms with E-state index in [4.69, 9.17) is 21.6 Å². The van der Waals surface area contributed by atoms with Crippen LogP contribution in [-0.4, -0.2) is 40.5 Å². The van der Waals surface area contributed by atoms with Crippen molar-refractivity contribution >= 4 is 40.5 Å². The van der Waals surface area contributed by atoms with Crippen LogP contribution in [0.25, 0.3) is 23.1 Å². The quantitative estimate of drug-likeness (QED) is 0.323. The van der Waals surface area contributed by atoms with Gasteiger partial charge in [-0.2, -0.15) is 0 Å². The molecule has 0 saturated heterocycles. The summed E-state index contributed by atoms with van der Waals surface area (Å²) >= 11 is 6.23. The first-order valence-electron chi connectivity index (χ1n) is 11.4. The van der Waals surface area contributed by atoms with Gasteiger partial charge < -0.3 is 10.2 Å². The molecule has 1 unspecified atom stereocenters. The summed E-state index contributed by atoms with van der Waals surface area (Å²) in [7, 11) is 0. The van der Waals surface area contributed by atoms with Gasteiger partial charge in [0.05, 0.1) is 5.52 Å². The van der Waals surface area contributed by atoms with Gasteiger partial charge in [0, 0.05) is 16.5 Å². The van der Waals surface area contributed by atoms with Crippen molar-refractivity contribution in [2.75, 3.05) is 25.0 Å². The molecule has 1 aromatic heterocycles. The van der Waals surface area contributed by atoms with Crippen molar-refractivity contribution in [1.29, 1.82) is 0 Å². The Morgan fingerprint density at radius 2 is 1.75 bits per heavy atom. The molecule has 0 amide bonds. The highest BCUT2D eigenvalue weighted by atomic mass is 35.5. The van der Waals surface area contributed by atoms with Crippen LogP contribution >= 0.6 is 11.6 Å². The van der Waals surface area contributed by atoms with Crippen molar-refractivity contribution in [2.24, 2.45) is 0 Å². The van der Waals surface area contributed by atoms with Gasteiger partial charge >= 0.3 is 0 Å². The minimum absolute atomic E-state index is 0.314. The molecule has 0 radical (unpaired) electrons. The average molecular weight is 449 g/mol. The number of hydrogen-bond acceptors (Lipinski definition) is 4. The van der Waals surface area contributed by atoms with Crippen LogP contribution in [0.3, 0.4) is 0 Å². The van der Waals surface area contributed by atoms with E-state index < -0.39 is 0 Å². The first-order chi connectivity index (χ1) is 15.6. The lowest BCUT2D eigenvalue weighted by Crippen LogP contribution is -2.25. The highest BCUT2D eigenvalue weighted by molar-refractivity contribution is 6.31. The van der Waals surface area contributed by atoms with Gasteiger partial charge in [0.2, 0.25) is 0 Å². The van der Waals surface area contributed by atoms with Gasteiger partial charge in [-0.3, -0.25) is 0 Å². The highest BCUT2D eigenvalue weighted by Crippen LogP contribution is 2.25. The van der Waals surface area contributed by atoms with Crippen molar-refractivity contribution in [3.8, 4) is 0 Å². The molecule has 3 rings (SSSR count). The van der Waals surface area contributed by atoms with Crippen LogP contribution < -0.4 is 5.32 Å². The molecule has 168 valence electrons. The van der Waals surface area contributed by atoms with Crippen LogP contribution in [0.15, 0.2) is 60.7 Å². The van der Waals surface area contributed by atoms with Crippen LogP contribution in [0.2, 0.25) is 5.02 Å². The van der Waals surface area contributed by atoms with E-state index in [1.807, 2.05) is 54.6 Å². The summed E-state index contributed by atoms with van der Waals surface area (Å²) in [4.78, 5) is 11.9. The Hall–Kier alpha value is -2.69. The Kier molecular flexibility index (Phi) is 9.27. The van der Waals surface area contributed by atoms with Gasteiger partial charge in [-0.25, -0.2) is 9.97 Å². The van der Waals surface area contributed by atoms with Crippen molar-refractivity contribution in [3.63, 3.8) is 0 Å². The van der Waals surface area contributed by atoms with Gasteiger partial charge in [0.1, 0.15) is 5.82 Å². The predicted molar refractivity (Wildman–Crippen MR) is 139 cm³/mol. The number of aromatic nitrogens is 2. The van der Waals surface area contributed by atoms with Crippen molar-refractivity contribution in [1.82, 2.24) is 14.9 Å². The van der Waals surface area contributed by atoms with Crippen LogP contribution in [0.1, 0.15) is 45.0 Å². The second-order valence-electron chi connectivity index (χ2n) is 7.94. The number of fused-ring (bicyclic) bond motifs is 1. The topological polar surface area (TPSA) is 41.0 Å². The van der Waals surface area contributed by atoms with Crippen molar-refractivity contribution in [3.05, 3.63) is 77.1 Å². The maximum atomic E-state index is 6.23. The van der Waals surface area contributed by atoms with E-state index in [1.54, 1.807) is 0 Å². The monoisotopic (exact) mass is 448 g/mol. The van der Waals surface area contributed by atoms with Gasteiger partial charge in [-0.15, -0.1) is 0 Å². The fourth-order valence-electron chi connectivity index (χ4n) is 3.64.